The fraction of sp³-hybridized carbons (Fsp3) is 0.875. The Morgan fingerprint density at radius 3 is 2.57 bits per heavy atom. The summed E-state index contributed by atoms with van der Waals surface area (Å²) in [5, 5.41) is 3.36. The van der Waals surface area contributed by atoms with Gasteiger partial charge in [-0.3, -0.25) is 9.79 Å². The molecule has 0 aromatic heterocycles. The summed E-state index contributed by atoms with van der Waals surface area (Å²) in [6.45, 7) is 10.1. The average molecular weight is 297 g/mol. The maximum Gasteiger partial charge on any atom is 0.308 e. The van der Waals surface area contributed by atoms with Crippen LogP contribution < -0.4 is 5.32 Å². The molecule has 122 valence electrons. The molecule has 0 bridgehead atoms. The predicted molar refractivity (Wildman–Crippen MR) is 86.4 cm³/mol. The largest absolute Gasteiger partial charge is 0.469 e. The van der Waals surface area contributed by atoms with Gasteiger partial charge in [0.15, 0.2) is 5.96 Å². The normalized spacial score (nSPS) is 17.2. The van der Waals surface area contributed by atoms with Crippen molar-refractivity contribution < 1.29 is 9.53 Å². The number of aliphatic imine (C=N–C) groups is 1. The van der Waals surface area contributed by atoms with Gasteiger partial charge in [0.1, 0.15) is 0 Å². The fourth-order valence-electron chi connectivity index (χ4n) is 2.60. The molecule has 1 aliphatic rings. The van der Waals surface area contributed by atoms with E-state index in [1.807, 2.05) is 0 Å². The number of piperidine rings is 1. The minimum atomic E-state index is -0.0754. The van der Waals surface area contributed by atoms with Gasteiger partial charge in [-0.25, -0.2) is 0 Å². The van der Waals surface area contributed by atoms with Gasteiger partial charge in [-0.1, -0.05) is 13.8 Å². The van der Waals surface area contributed by atoms with Crippen LogP contribution in [-0.2, 0) is 9.53 Å². The van der Waals surface area contributed by atoms with E-state index in [9.17, 15) is 4.79 Å². The van der Waals surface area contributed by atoms with Gasteiger partial charge in [-0.05, 0) is 38.5 Å². The van der Waals surface area contributed by atoms with Crippen LogP contribution in [0.25, 0.3) is 0 Å². The lowest BCUT2D eigenvalue weighted by Crippen LogP contribution is -2.46. The summed E-state index contributed by atoms with van der Waals surface area (Å²) >= 11 is 0. The van der Waals surface area contributed by atoms with E-state index in [1.165, 1.54) is 13.5 Å². The van der Waals surface area contributed by atoms with Crippen molar-refractivity contribution in [2.45, 2.75) is 46.5 Å². The van der Waals surface area contributed by atoms with Gasteiger partial charge in [-0.15, -0.1) is 0 Å². The highest BCUT2D eigenvalue weighted by molar-refractivity contribution is 5.80. The summed E-state index contributed by atoms with van der Waals surface area (Å²) in [6, 6.07) is 0. The lowest BCUT2D eigenvalue weighted by atomic mass is 9.97. The third kappa shape index (κ3) is 6.36. The van der Waals surface area contributed by atoms with Crippen molar-refractivity contribution in [1.82, 2.24) is 10.2 Å². The molecule has 0 unspecified atom stereocenters. The van der Waals surface area contributed by atoms with Crippen molar-refractivity contribution in [3.05, 3.63) is 0 Å². The van der Waals surface area contributed by atoms with Gasteiger partial charge < -0.3 is 15.0 Å². The summed E-state index contributed by atoms with van der Waals surface area (Å²) in [5.74, 6) is 1.70. The van der Waals surface area contributed by atoms with E-state index in [-0.39, 0.29) is 11.9 Å². The Hall–Kier alpha value is -1.26. The molecular formula is C16H31N3O2. The number of guanidine groups is 1. The van der Waals surface area contributed by atoms with Crippen LogP contribution in [0.1, 0.15) is 46.5 Å². The Kier molecular flexibility index (Phi) is 8.16. The quantitative estimate of drug-likeness (QED) is 0.354. The zero-order valence-corrected chi connectivity index (χ0v) is 14.0. The number of nitrogens with one attached hydrogen (secondary N) is 1. The van der Waals surface area contributed by atoms with Crippen LogP contribution in [0, 0.1) is 11.8 Å². The zero-order chi connectivity index (χ0) is 15.7. The average Bonchev–Trinajstić information content (AvgIpc) is 2.49. The summed E-state index contributed by atoms with van der Waals surface area (Å²) in [7, 11) is 1.47. The van der Waals surface area contributed by atoms with Crippen molar-refractivity contribution in [2.24, 2.45) is 16.8 Å². The smallest absolute Gasteiger partial charge is 0.308 e. The summed E-state index contributed by atoms with van der Waals surface area (Å²) in [6.07, 6.45) is 4.05. The second-order valence-corrected chi connectivity index (χ2v) is 6.06. The molecule has 1 heterocycles. The van der Waals surface area contributed by atoms with Crippen LogP contribution in [0.15, 0.2) is 4.99 Å². The number of carbonyl (C=O) groups excluding carboxylic acids is 1. The third-order valence-corrected chi connectivity index (χ3v) is 3.87. The number of carbonyl (C=O) groups is 1. The predicted octanol–water partition coefficient (Wildman–Crippen LogP) is 2.27. The van der Waals surface area contributed by atoms with Crippen molar-refractivity contribution >= 4 is 11.9 Å². The molecular weight excluding hydrogens is 266 g/mol. The number of nitrogens with zero attached hydrogens (tertiary/aromatic N) is 2. The van der Waals surface area contributed by atoms with Crippen LogP contribution in [0.5, 0.6) is 0 Å². The first kappa shape index (κ1) is 17.8. The summed E-state index contributed by atoms with van der Waals surface area (Å²) < 4.78 is 4.83. The van der Waals surface area contributed by atoms with E-state index in [0.717, 1.165) is 57.3 Å². The molecule has 0 aliphatic carbocycles. The molecule has 5 nitrogen and oxygen atoms in total. The lowest BCUT2D eigenvalue weighted by molar-refractivity contribution is -0.146. The van der Waals surface area contributed by atoms with Crippen LogP contribution in [0.4, 0.5) is 0 Å². The van der Waals surface area contributed by atoms with E-state index in [4.69, 9.17) is 9.73 Å². The van der Waals surface area contributed by atoms with Gasteiger partial charge in [0.25, 0.3) is 0 Å². The first-order valence-corrected chi connectivity index (χ1v) is 8.19. The molecule has 0 saturated carbocycles. The lowest BCUT2D eigenvalue weighted by Gasteiger charge is -2.33. The standard InChI is InChI=1S/C16H31N3O2/c1-5-17-16(18-10-6-7-13(2)3)19-11-8-14(9-12-19)15(20)21-4/h13-14H,5-12H2,1-4H3,(H,17,18). The minimum Gasteiger partial charge on any atom is -0.469 e. The van der Waals surface area contributed by atoms with Gasteiger partial charge >= 0.3 is 5.97 Å². The third-order valence-electron chi connectivity index (χ3n) is 3.87. The zero-order valence-electron chi connectivity index (χ0n) is 14.0. The van der Waals surface area contributed by atoms with Crippen LogP contribution in [0.3, 0.4) is 0 Å². The molecule has 0 aromatic carbocycles. The maximum atomic E-state index is 11.6. The second-order valence-electron chi connectivity index (χ2n) is 6.06. The molecule has 1 aliphatic heterocycles. The van der Waals surface area contributed by atoms with E-state index in [0.29, 0.717) is 0 Å². The fourth-order valence-corrected chi connectivity index (χ4v) is 2.60. The molecule has 1 N–H and O–H groups in total. The molecule has 0 radical (unpaired) electrons. The number of ether oxygens (including phenoxy) is 1. The number of hydrogen-bond donors (Lipinski definition) is 1. The molecule has 5 heteroatoms. The molecule has 1 fully saturated rings. The van der Waals surface area contributed by atoms with Gasteiger partial charge in [0.2, 0.25) is 0 Å². The molecule has 0 atom stereocenters. The monoisotopic (exact) mass is 297 g/mol. The highest BCUT2D eigenvalue weighted by atomic mass is 16.5. The van der Waals surface area contributed by atoms with Gasteiger partial charge in [0.05, 0.1) is 13.0 Å². The molecule has 0 spiro atoms. The Morgan fingerprint density at radius 1 is 1.38 bits per heavy atom. The summed E-state index contributed by atoms with van der Waals surface area (Å²) in [4.78, 5) is 18.5. The minimum absolute atomic E-state index is 0.0510. The summed E-state index contributed by atoms with van der Waals surface area (Å²) in [5.41, 5.74) is 0. The van der Waals surface area contributed by atoms with Crippen LogP contribution in [-0.4, -0.2) is 50.1 Å². The van der Waals surface area contributed by atoms with Crippen molar-refractivity contribution in [1.29, 1.82) is 0 Å². The van der Waals surface area contributed by atoms with Crippen LogP contribution in [0.2, 0.25) is 0 Å². The number of methoxy groups -OCH3 is 1. The molecule has 21 heavy (non-hydrogen) atoms. The van der Waals surface area contributed by atoms with Crippen molar-refractivity contribution in [3.8, 4) is 0 Å². The Bertz CT molecular complexity index is 334. The number of esters is 1. The SMILES string of the molecule is CCNC(=NCCCC(C)C)N1CCC(C(=O)OC)CC1. The van der Waals surface area contributed by atoms with Gasteiger partial charge in [0, 0.05) is 26.2 Å². The van der Waals surface area contributed by atoms with Crippen molar-refractivity contribution in [2.75, 3.05) is 33.3 Å². The second kappa shape index (κ2) is 9.64. The highest BCUT2D eigenvalue weighted by Gasteiger charge is 2.26. The number of rotatable bonds is 6. The Labute approximate surface area is 129 Å². The van der Waals surface area contributed by atoms with E-state index < -0.39 is 0 Å². The molecule has 1 saturated heterocycles. The van der Waals surface area contributed by atoms with Crippen molar-refractivity contribution in [3.63, 3.8) is 0 Å². The molecule has 0 amide bonds. The molecule has 0 aromatic rings. The first-order chi connectivity index (χ1) is 10.1. The highest BCUT2D eigenvalue weighted by Crippen LogP contribution is 2.18. The Balaban J connectivity index is 2.46. The first-order valence-electron chi connectivity index (χ1n) is 8.19. The van der Waals surface area contributed by atoms with E-state index in [2.05, 4.69) is 31.0 Å². The molecule has 1 rings (SSSR count). The van der Waals surface area contributed by atoms with Crippen LogP contribution >= 0.6 is 0 Å². The van der Waals surface area contributed by atoms with E-state index >= 15 is 0 Å². The van der Waals surface area contributed by atoms with Gasteiger partial charge in [-0.2, -0.15) is 0 Å². The number of hydrogen-bond acceptors (Lipinski definition) is 3. The van der Waals surface area contributed by atoms with E-state index in [1.54, 1.807) is 0 Å². The maximum absolute atomic E-state index is 11.6. The number of likely N-dealkylation sites (tertiary alicyclic amines) is 1. The Morgan fingerprint density at radius 2 is 2.05 bits per heavy atom. The topological polar surface area (TPSA) is 53.9 Å².